The molecular weight excluding hydrogens is 356 g/mol. The number of rotatable bonds is 6. The van der Waals surface area contributed by atoms with Gasteiger partial charge in [-0.25, -0.2) is 4.98 Å². The van der Waals surface area contributed by atoms with Crippen molar-refractivity contribution in [1.29, 1.82) is 0 Å². The van der Waals surface area contributed by atoms with Gasteiger partial charge in [0.15, 0.2) is 0 Å². The van der Waals surface area contributed by atoms with Gasteiger partial charge in [0.25, 0.3) is 5.69 Å². The molecule has 2 aromatic carbocycles. The molecule has 0 amide bonds. The summed E-state index contributed by atoms with van der Waals surface area (Å²) in [5.74, 6) is 1.45. The molecule has 3 rings (SSSR count). The topological polar surface area (TPSA) is 82.2 Å². The van der Waals surface area contributed by atoms with Gasteiger partial charge in [-0.2, -0.15) is 0 Å². The van der Waals surface area contributed by atoms with Crippen LogP contribution in [-0.2, 0) is 7.05 Å². The highest BCUT2D eigenvalue weighted by Crippen LogP contribution is 2.35. The third-order valence-electron chi connectivity index (χ3n) is 4.03. The van der Waals surface area contributed by atoms with E-state index in [1.807, 2.05) is 42.1 Å². The summed E-state index contributed by atoms with van der Waals surface area (Å²) in [6.07, 6.45) is 3.55. The molecule has 0 unspecified atom stereocenters. The van der Waals surface area contributed by atoms with E-state index in [2.05, 4.69) is 10.3 Å². The second kappa shape index (κ2) is 7.45. The molecule has 1 aromatic heterocycles. The zero-order valence-corrected chi connectivity index (χ0v) is 15.0. The lowest BCUT2D eigenvalue weighted by Crippen LogP contribution is -2.17. The van der Waals surface area contributed by atoms with Crippen molar-refractivity contribution < 1.29 is 9.66 Å². The number of aryl methyl sites for hydroxylation is 1. The molecule has 134 valence electrons. The lowest BCUT2D eigenvalue weighted by molar-refractivity contribution is -0.384. The Balaban J connectivity index is 2.05. The van der Waals surface area contributed by atoms with Crippen molar-refractivity contribution in [2.24, 2.45) is 7.05 Å². The van der Waals surface area contributed by atoms with Crippen LogP contribution in [0.5, 0.6) is 5.75 Å². The average Bonchev–Trinajstić information content (AvgIpc) is 3.06. The number of aromatic nitrogens is 2. The summed E-state index contributed by atoms with van der Waals surface area (Å²) in [5.41, 5.74) is 1.38. The minimum Gasteiger partial charge on any atom is -0.496 e. The third-order valence-corrected chi connectivity index (χ3v) is 4.34. The molecule has 0 aliphatic heterocycles. The normalized spacial score (nSPS) is 11.8. The van der Waals surface area contributed by atoms with Gasteiger partial charge < -0.3 is 14.6 Å². The monoisotopic (exact) mass is 372 g/mol. The number of imidazole rings is 1. The Hall–Kier alpha value is -3.06. The zero-order valence-electron chi connectivity index (χ0n) is 14.2. The number of nitro benzene ring substituents is 1. The molecule has 1 heterocycles. The van der Waals surface area contributed by atoms with Gasteiger partial charge >= 0.3 is 0 Å². The number of hydrogen-bond acceptors (Lipinski definition) is 5. The Morgan fingerprint density at radius 2 is 2.08 bits per heavy atom. The molecule has 0 radical (unpaired) electrons. The maximum absolute atomic E-state index is 10.9. The number of hydrogen-bond donors (Lipinski definition) is 1. The van der Waals surface area contributed by atoms with Crippen molar-refractivity contribution in [1.82, 2.24) is 9.55 Å². The Kier molecular flexibility index (Phi) is 5.09. The molecule has 1 N–H and O–H groups in total. The quantitative estimate of drug-likeness (QED) is 0.518. The highest BCUT2D eigenvalue weighted by atomic mass is 35.5. The van der Waals surface area contributed by atoms with Gasteiger partial charge in [0, 0.05) is 37.1 Å². The highest BCUT2D eigenvalue weighted by Gasteiger charge is 2.23. The Labute approximate surface area is 155 Å². The van der Waals surface area contributed by atoms with E-state index in [1.54, 1.807) is 19.4 Å². The van der Waals surface area contributed by atoms with Crippen molar-refractivity contribution in [3.63, 3.8) is 0 Å². The number of para-hydroxylation sites is 1. The molecule has 1 atom stereocenters. The van der Waals surface area contributed by atoms with E-state index in [0.29, 0.717) is 11.4 Å². The number of non-ortho nitro benzene ring substituents is 1. The first-order valence-corrected chi connectivity index (χ1v) is 8.19. The fraction of sp³-hybridized carbons (Fsp3) is 0.167. The molecule has 8 heteroatoms. The molecule has 0 fully saturated rings. The number of benzene rings is 2. The molecule has 0 spiro atoms. The number of methoxy groups -OCH3 is 1. The minimum absolute atomic E-state index is 0.0635. The molecule has 26 heavy (non-hydrogen) atoms. The van der Waals surface area contributed by atoms with E-state index in [0.717, 1.165) is 11.4 Å². The number of ether oxygens (including phenoxy) is 1. The average molecular weight is 373 g/mol. The van der Waals surface area contributed by atoms with Gasteiger partial charge in [0.1, 0.15) is 17.6 Å². The van der Waals surface area contributed by atoms with E-state index in [4.69, 9.17) is 16.3 Å². The van der Waals surface area contributed by atoms with Gasteiger partial charge in [-0.15, -0.1) is 0 Å². The van der Waals surface area contributed by atoms with E-state index in [1.165, 1.54) is 12.1 Å². The number of nitrogens with zero attached hydrogens (tertiary/aromatic N) is 3. The summed E-state index contributed by atoms with van der Waals surface area (Å²) in [5, 5.41) is 14.5. The van der Waals surface area contributed by atoms with Crippen LogP contribution in [0.15, 0.2) is 54.9 Å². The van der Waals surface area contributed by atoms with Crippen molar-refractivity contribution in [3.8, 4) is 5.75 Å². The lowest BCUT2D eigenvalue weighted by Gasteiger charge is -2.22. The highest BCUT2D eigenvalue weighted by molar-refractivity contribution is 6.33. The first-order chi connectivity index (χ1) is 12.5. The van der Waals surface area contributed by atoms with Gasteiger partial charge in [-0.05, 0) is 12.1 Å². The van der Waals surface area contributed by atoms with E-state index >= 15 is 0 Å². The van der Waals surface area contributed by atoms with Gasteiger partial charge in [-0.3, -0.25) is 10.1 Å². The Morgan fingerprint density at radius 3 is 2.69 bits per heavy atom. The molecule has 0 aliphatic rings. The SMILES string of the molecule is COc1ccccc1[C@H](Nc1ccc([N+](=O)[O-])cc1Cl)c1nccn1C. The van der Waals surface area contributed by atoms with E-state index in [9.17, 15) is 10.1 Å². The summed E-state index contributed by atoms with van der Waals surface area (Å²) in [6, 6.07) is 11.6. The minimum atomic E-state index is -0.480. The van der Waals surface area contributed by atoms with Gasteiger partial charge in [0.2, 0.25) is 0 Å². The van der Waals surface area contributed by atoms with Gasteiger partial charge in [-0.1, -0.05) is 29.8 Å². The predicted molar refractivity (Wildman–Crippen MR) is 99.8 cm³/mol. The zero-order chi connectivity index (χ0) is 18.7. The standard InChI is InChI=1S/C18H17ClN4O3/c1-22-10-9-20-18(22)17(13-5-3-4-6-16(13)26-2)21-15-8-7-12(23(24)25)11-14(15)19/h3-11,17,21H,1-2H3/t17-/m0/s1. The number of halogens is 1. The Morgan fingerprint density at radius 1 is 1.31 bits per heavy atom. The predicted octanol–water partition coefficient (Wildman–Crippen LogP) is 4.19. The van der Waals surface area contributed by atoms with E-state index < -0.39 is 4.92 Å². The molecule has 7 nitrogen and oxygen atoms in total. The smallest absolute Gasteiger partial charge is 0.271 e. The van der Waals surface area contributed by atoms with Crippen LogP contribution in [0.2, 0.25) is 5.02 Å². The van der Waals surface area contributed by atoms with Crippen LogP contribution in [-0.4, -0.2) is 21.6 Å². The van der Waals surface area contributed by atoms with Crippen LogP contribution < -0.4 is 10.1 Å². The molecule has 3 aromatic rings. The number of nitrogens with one attached hydrogen (secondary N) is 1. The Bertz CT molecular complexity index is 942. The summed E-state index contributed by atoms with van der Waals surface area (Å²) in [4.78, 5) is 14.9. The van der Waals surface area contributed by atoms with Crippen LogP contribution in [0.4, 0.5) is 11.4 Å². The largest absolute Gasteiger partial charge is 0.496 e. The first-order valence-electron chi connectivity index (χ1n) is 7.82. The third kappa shape index (κ3) is 3.48. The van der Waals surface area contributed by atoms with Crippen molar-refractivity contribution >= 4 is 23.0 Å². The summed E-state index contributed by atoms with van der Waals surface area (Å²) < 4.78 is 7.38. The second-order valence-corrected chi connectivity index (χ2v) is 6.04. The van der Waals surface area contributed by atoms with Crippen LogP contribution in [0, 0.1) is 10.1 Å². The summed E-state index contributed by atoms with van der Waals surface area (Å²) in [7, 11) is 3.50. The molecule has 0 saturated carbocycles. The van der Waals surface area contributed by atoms with Crippen molar-refractivity contribution in [3.05, 3.63) is 81.4 Å². The fourth-order valence-electron chi connectivity index (χ4n) is 2.73. The maximum atomic E-state index is 10.9. The maximum Gasteiger partial charge on any atom is 0.271 e. The van der Waals surface area contributed by atoms with Crippen LogP contribution in [0.25, 0.3) is 0 Å². The lowest BCUT2D eigenvalue weighted by atomic mass is 10.0. The summed E-state index contributed by atoms with van der Waals surface area (Å²) in [6.45, 7) is 0. The van der Waals surface area contributed by atoms with Crippen LogP contribution in [0.3, 0.4) is 0 Å². The van der Waals surface area contributed by atoms with Crippen LogP contribution >= 0.6 is 11.6 Å². The molecule has 0 bridgehead atoms. The molecule has 0 aliphatic carbocycles. The number of anilines is 1. The van der Waals surface area contributed by atoms with Crippen molar-refractivity contribution in [2.75, 3.05) is 12.4 Å². The number of nitro groups is 1. The van der Waals surface area contributed by atoms with E-state index in [-0.39, 0.29) is 16.8 Å². The summed E-state index contributed by atoms with van der Waals surface area (Å²) >= 11 is 6.25. The molecular formula is C18H17ClN4O3. The second-order valence-electron chi connectivity index (χ2n) is 5.64. The fourth-order valence-corrected chi connectivity index (χ4v) is 2.96. The first kappa shape index (κ1) is 17.8. The molecule has 0 saturated heterocycles. The van der Waals surface area contributed by atoms with Crippen LogP contribution in [0.1, 0.15) is 17.4 Å². The van der Waals surface area contributed by atoms with Gasteiger partial charge in [0.05, 0.1) is 22.7 Å². The van der Waals surface area contributed by atoms with Crippen molar-refractivity contribution in [2.45, 2.75) is 6.04 Å².